The molecule has 3 heteroatoms. The summed E-state index contributed by atoms with van der Waals surface area (Å²) in [6.45, 7) is 0. The molecular weight excluding hydrogens is 408 g/mol. The molecule has 0 nitrogen and oxygen atoms in total. The van der Waals surface area contributed by atoms with Gasteiger partial charge in [0.2, 0.25) is 4.70 Å². The summed E-state index contributed by atoms with van der Waals surface area (Å²) in [7, 11) is -0.0281. The third kappa shape index (κ3) is 2.15. The molecule has 21 heavy (non-hydrogen) atoms. The van der Waals surface area contributed by atoms with Crippen LogP contribution < -0.4 is 0 Å². The molecule has 4 rings (SSSR count). The first-order valence-electron chi connectivity index (χ1n) is 6.63. The number of benzene rings is 3. The fourth-order valence-electron chi connectivity index (χ4n) is 2.72. The number of rotatable bonds is 1. The van der Waals surface area contributed by atoms with Gasteiger partial charge >= 0.3 is 0 Å². The van der Waals surface area contributed by atoms with Gasteiger partial charge in [-0.2, -0.15) is 0 Å². The average Bonchev–Trinajstić information content (AvgIpc) is 2.84. The van der Waals surface area contributed by atoms with E-state index >= 15 is 0 Å². The van der Waals surface area contributed by atoms with Crippen LogP contribution in [0, 0.1) is 0 Å². The smallest absolute Gasteiger partial charge is 0.0612 e. The molecule has 1 unspecified atom stereocenters. The predicted molar refractivity (Wildman–Crippen MR) is 101 cm³/mol. The number of hydrogen-bond acceptors (Lipinski definition) is 0. The van der Waals surface area contributed by atoms with Crippen molar-refractivity contribution in [1.29, 1.82) is 0 Å². The van der Waals surface area contributed by atoms with Gasteiger partial charge in [-0.3, -0.25) is 0 Å². The van der Waals surface area contributed by atoms with Crippen molar-refractivity contribution < 1.29 is 0 Å². The summed E-state index contributed by atoms with van der Waals surface area (Å²) >= 11 is 7.28. The van der Waals surface area contributed by atoms with Gasteiger partial charge in [0, 0.05) is 25.7 Å². The topological polar surface area (TPSA) is 0 Å². The van der Waals surface area contributed by atoms with Crippen LogP contribution in [0.4, 0.5) is 0 Å². The van der Waals surface area contributed by atoms with Gasteiger partial charge in [-0.25, -0.2) is 0 Å². The highest BCUT2D eigenvalue weighted by Crippen LogP contribution is 2.50. The van der Waals surface area contributed by atoms with E-state index < -0.39 is 0 Å². The van der Waals surface area contributed by atoms with Crippen LogP contribution in [0.2, 0.25) is 0 Å². The predicted octanol–water partition coefficient (Wildman–Crippen LogP) is 7.26. The van der Waals surface area contributed by atoms with Crippen LogP contribution in [0.15, 0.2) is 75.7 Å². The molecule has 0 fully saturated rings. The molecule has 4 aromatic rings. The van der Waals surface area contributed by atoms with E-state index in [1.807, 2.05) is 0 Å². The summed E-state index contributed by atoms with van der Waals surface area (Å²) in [4.78, 5) is 1.36. The Morgan fingerprint density at radius 1 is 0.667 bits per heavy atom. The third-order valence-corrected chi connectivity index (χ3v) is 7.46. The van der Waals surface area contributed by atoms with Gasteiger partial charge in [0.25, 0.3) is 0 Å². The van der Waals surface area contributed by atoms with E-state index in [0.717, 1.165) is 4.47 Å². The molecule has 0 aliphatic heterocycles. The van der Waals surface area contributed by atoms with E-state index in [1.165, 1.54) is 29.5 Å². The molecule has 1 atom stereocenters. The Bertz CT molecular complexity index is 952. The van der Waals surface area contributed by atoms with Crippen LogP contribution >= 0.6 is 42.3 Å². The van der Waals surface area contributed by atoms with Crippen LogP contribution in [0.25, 0.3) is 25.1 Å². The quantitative estimate of drug-likeness (QED) is 0.285. The van der Waals surface area contributed by atoms with Crippen molar-refractivity contribution in [2.24, 2.45) is 0 Å². The van der Waals surface area contributed by atoms with E-state index in [0.29, 0.717) is 0 Å². The van der Waals surface area contributed by atoms with Gasteiger partial charge in [0.05, 0.1) is 4.47 Å². The highest BCUT2D eigenvalue weighted by Gasteiger charge is 2.25. The molecule has 1 heterocycles. The Kier molecular flexibility index (Phi) is 3.37. The minimum absolute atomic E-state index is 0.0281. The van der Waals surface area contributed by atoms with E-state index in [2.05, 4.69) is 98.6 Å². The van der Waals surface area contributed by atoms with Crippen molar-refractivity contribution in [3.63, 3.8) is 0 Å². The molecule has 0 aliphatic rings. The lowest BCUT2D eigenvalue weighted by atomic mass is 10.2. The maximum absolute atomic E-state index is 3.76. The second-order valence-electron chi connectivity index (χ2n) is 4.87. The molecule has 1 aromatic heterocycles. The zero-order valence-corrected chi connectivity index (χ0v) is 15.0. The first kappa shape index (κ1) is 13.5. The highest BCUT2D eigenvalue weighted by molar-refractivity contribution is 9.11. The molecule has 0 bridgehead atoms. The number of hydrogen-bond donors (Lipinski definition) is 0. The van der Waals surface area contributed by atoms with Crippen molar-refractivity contribution in [3.8, 4) is 4.90 Å². The summed E-state index contributed by atoms with van der Waals surface area (Å²) in [5.74, 6) is 0. The van der Waals surface area contributed by atoms with E-state index in [-0.39, 0.29) is 10.5 Å². The minimum atomic E-state index is -0.0281. The zero-order chi connectivity index (χ0) is 14.4. The van der Waals surface area contributed by atoms with Gasteiger partial charge in [-0.15, -0.1) is 0 Å². The molecule has 0 saturated carbocycles. The largest absolute Gasteiger partial charge is 0.201 e. The van der Waals surface area contributed by atoms with Gasteiger partial charge in [-0.05, 0) is 64.5 Å². The first-order chi connectivity index (χ1) is 10.3. The lowest BCUT2D eigenvalue weighted by Gasteiger charge is -1.95. The number of halogens is 2. The fraction of sp³-hybridized carbons (Fsp3) is 0. The molecule has 0 N–H and O–H groups in total. The van der Waals surface area contributed by atoms with Gasteiger partial charge in [0.15, 0.2) is 9.60 Å². The first-order valence-corrected chi connectivity index (χ1v) is 9.44. The Labute approximate surface area is 142 Å². The van der Waals surface area contributed by atoms with Gasteiger partial charge < -0.3 is 0 Å². The molecule has 0 saturated heterocycles. The minimum Gasteiger partial charge on any atom is -0.0612 e. The van der Waals surface area contributed by atoms with Gasteiger partial charge in [0.1, 0.15) is 0 Å². The van der Waals surface area contributed by atoms with Crippen molar-refractivity contribution >= 4 is 62.5 Å². The summed E-state index contributed by atoms with van der Waals surface area (Å²) < 4.78 is 5.14. The summed E-state index contributed by atoms with van der Waals surface area (Å²) in [5.41, 5.74) is 0. The Morgan fingerprint density at radius 3 is 2.19 bits per heavy atom. The molecule has 3 aromatic carbocycles. The van der Waals surface area contributed by atoms with E-state index in [4.69, 9.17) is 0 Å². The Balaban J connectivity index is 2.21. The molecule has 0 spiro atoms. The maximum atomic E-state index is 3.76. The van der Waals surface area contributed by atoms with Crippen molar-refractivity contribution in [3.05, 3.63) is 75.7 Å². The maximum Gasteiger partial charge on any atom is 0.201 e. The van der Waals surface area contributed by atoms with Crippen molar-refractivity contribution in [2.45, 2.75) is 0 Å². The zero-order valence-electron chi connectivity index (χ0n) is 11.0. The second kappa shape index (κ2) is 5.24. The normalized spacial score (nSPS) is 12.2. The molecular formula is C18H11Br2S+. The molecule has 102 valence electrons. The van der Waals surface area contributed by atoms with Crippen LogP contribution in [0.3, 0.4) is 0 Å². The highest BCUT2D eigenvalue weighted by atomic mass is 79.9. The van der Waals surface area contributed by atoms with Gasteiger partial charge in [-0.1, -0.05) is 34.1 Å². The lowest BCUT2D eigenvalue weighted by Crippen LogP contribution is -1.72. The summed E-state index contributed by atoms with van der Waals surface area (Å²) in [6.07, 6.45) is 0. The summed E-state index contributed by atoms with van der Waals surface area (Å²) in [6, 6.07) is 23.9. The van der Waals surface area contributed by atoms with E-state index in [1.54, 1.807) is 0 Å². The standard InChI is InChI=1S/C18H11Br2S/c19-12-8-10-13(11-9-12)21-17-7-2-1-4-14(17)15-5-3-6-16(20)18(15)21/h1-11H/q+1. The Morgan fingerprint density at radius 2 is 1.38 bits per heavy atom. The monoisotopic (exact) mass is 417 g/mol. The fourth-order valence-corrected chi connectivity index (χ4v) is 6.23. The molecule has 0 aliphatic carbocycles. The SMILES string of the molecule is Brc1ccc(-[s+]2c3ccccc3c3cccc(Br)c32)cc1. The lowest BCUT2D eigenvalue weighted by molar-refractivity contribution is 1.69. The second-order valence-corrected chi connectivity index (χ2v) is 8.57. The number of thiophene rings is 1. The molecule has 0 radical (unpaired) electrons. The van der Waals surface area contributed by atoms with Crippen LogP contribution in [0.1, 0.15) is 0 Å². The molecule has 0 amide bonds. The Hall–Kier alpha value is -1.16. The summed E-state index contributed by atoms with van der Waals surface area (Å²) in [5, 5.41) is 2.71. The van der Waals surface area contributed by atoms with Crippen LogP contribution in [0.5, 0.6) is 0 Å². The third-order valence-electron chi connectivity index (χ3n) is 3.62. The van der Waals surface area contributed by atoms with E-state index in [9.17, 15) is 0 Å². The van der Waals surface area contributed by atoms with Crippen LogP contribution in [-0.2, 0) is 0 Å². The average molecular weight is 419 g/mol. The van der Waals surface area contributed by atoms with Crippen molar-refractivity contribution in [2.75, 3.05) is 0 Å². The number of fused-ring (bicyclic) bond motifs is 3. The van der Waals surface area contributed by atoms with Crippen LogP contribution in [-0.4, -0.2) is 0 Å². The van der Waals surface area contributed by atoms with Crippen molar-refractivity contribution in [1.82, 2.24) is 0 Å².